The second-order valence-electron chi connectivity index (χ2n) is 1.89. The van der Waals surface area contributed by atoms with Gasteiger partial charge in [0.1, 0.15) is 9.26 Å². The van der Waals surface area contributed by atoms with Crippen LogP contribution in [-0.2, 0) is 0 Å². The average Bonchev–Trinajstić information content (AvgIpc) is 1.97. The molecule has 1 aromatic rings. The van der Waals surface area contributed by atoms with Crippen LogP contribution >= 0.6 is 34.2 Å². The van der Waals surface area contributed by atoms with E-state index in [4.69, 9.17) is 16.7 Å². The molecule has 1 rings (SSSR count). The molecule has 6 heteroatoms. The Morgan fingerprint density at radius 2 is 2.33 bits per heavy atom. The highest BCUT2D eigenvalue weighted by molar-refractivity contribution is 14.1. The van der Waals surface area contributed by atoms with Crippen LogP contribution in [-0.4, -0.2) is 16.1 Å². The van der Waals surface area contributed by atoms with E-state index in [1.54, 1.807) is 22.6 Å². The number of halogens is 3. The third-order valence-electron chi connectivity index (χ3n) is 1.14. The number of carboxylic acids is 1. The summed E-state index contributed by atoms with van der Waals surface area (Å²) in [6.07, 6.45) is 0.830. The number of hydrogen-bond acceptors (Lipinski definition) is 2. The van der Waals surface area contributed by atoms with Gasteiger partial charge in [0.05, 0.1) is 11.2 Å². The minimum atomic E-state index is -1.39. The Balaban J connectivity index is 3.43. The summed E-state index contributed by atoms with van der Waals surface area (Å²) >= 11 is 7.23. The zero-order chi connectivity index (χ0) is 9.30. The molecule has 0 spiro atoms. The molecule has 0 unspecified atom stereocenters. The SMILES string of the molecule is O=C(O)c1c(F)cnc(I)c1Cl. The maximum Gasteiger partial charge on any atom is 0.340 e. The molecule has 3 nitrogen and oxygen atoms in total. The lowest BCUT2D eigenvalue weighted by molar-refractivity contribution is 0.0692. The van der Waals surface area contributed by atoms with E-state index < -0.39 is 17.3 Å². The molecule has 0 aliphatic heterocycles. The van der Waals surface area contributed by atoms with Crippen LogP contribution in [0.2, 0.25) is 5.02 Å². The molecule has 0 radical (unpaired) electrons. The van der Waals surface area contributed by atoms with Crippen LogP contribution in [0, 0.1) is 9.52 Å². The van der Waals surface area contributed by atoms with Gasteiger partial charge in [-0.15, -0.1) is 0 Å². The van der Waals surface area contributed by atoms with Crippen LogP contribution in [0.4, 0.5) is 4.39 Å². The second kappa shape index (κ2) is 3.53. The first kappa shape index (κ1) is 9.66. The van der Waals surface area contributed by atoms with Crippen molar-refractivity contribution in [1.82, 2.24) is 4.98 Å². The molecule has 0 fully saturated rings. The molecule has 0 aromatic carbocycles. The summed E-state index contributed by atoms with van der Waals surface area (Å²) in [6.45, 7) is 0. The fourth-order valence-electron chi connectivity index (χ4n) is 0.639. The Morgan fingerprint density at radius 1 is 1.75 bits per heavy atom. The van der Waals surface area contributed by atoms with Crippen LogP contribution in [0.5, 0.6) is 0 Å². The zero-order valence-corrected chi connectivity index (χ0v) is 8.43. The largest absolute Gasteiger partial charge is 0.478 e. The number of aromatic nitrogens is 1. The van der Waals surface area contributed by atoms with Gasteiger partial charge in [0, 0.05) is 0 Å². The van der Waals surface area contributed by atoms with Gasteiger partial charge in [-0.05, 0) is 22.6 Å². The molecule has 0 saturated heterocycles. The van der Waals surface area contributed by atoms with Gasteiger partial charge in [0.15, 0.2) is 5.82 Å². The van der Waals surface area contributed by atoms with Crippen molar-refractivity contribution < 1.29 is 14.3 Å². The van der Waals surface area contributed by atoms with Crippen molar-refractivity contribution in [2.75, 3.05) is 0 Å². The fraction of sp³-hybridized carbons (Fsp3) is 0. The number of hydrogen-bond donors (Lipinski definition) is 1. The molecular formula is C6H2ClFINO2. The van der Waals surface area contributed by atoms with Crippen molar-refractivity contribution >= 4 is 40.2 Å². The topological polar surface area (TPSA) is 50.2 Å². The average molecular weight is 301 g/mol. The van der Waals surface area contributed by atoms with Crippen LogP contribution in [0.25, 0.3) is 0 Å². The highest BCUT2D eigenvalue weighted by Gasteiger charge is 2.17. The van der Waals surface area contributed by atoms with Gasteiger partial charge in [-0.1, -0.05) is 11.6 Å². The Hall–Kier alpha value is -0.430. The van der Waals surface area contributed by atoms with E-state index in [0.717, 1.165) is 6.20 Å². The Bertz CT molecular complexity index is 345. The highest BCUT2D eigenvalue weighted by atomic mass is 127. The van der Waals surface area contributed by atoms with Crippen molar-refractivity contribution in [1.29, 1.82) is 0 Å². The molecule has 0 bridgehead atoms. The van der Waals surface area contributed by atoms with Gasteiger partial charge in [-0.2, -0.15) is 0 Å². The molecular weight excluding hydrogens is 299 g/mol. The van der Waals surface area contributed by atoms with Crippen molar-refractivity contribution in [2.45, 2.75) is 0 Å². The highest BCUT2D eigenvalue weighted by Crippen LogP contribution is 2.22. The molecule has 1 aromatic heterocycles. The van der Waals surface area contributed by atoms with Crippen LogP contribution < -0.4 is 0 Å². The van der Waals surface area contributed by atoms with E-state index >= 15 is 0 Å². The van der Waals surface area contributed by atoms with Crippen molar-refractivity contribution in [2.24, 2.45) is 0 Å². The summed E-state index contributed by atoms with van der Waals surface area (Å²) in [5.74, 6) is -2.31. The summed E-state index contributed by atoms with van der Waals surface area (Å²) in [5, 5.41) is 8.35. The quantitative estimate of drug-likeness (QED) is 0.639. The lowest BCUT2D eigenvalue weighted by Crippen LogP contribution is -2.04. The molecule has 0 saturated carbocycles. The molecule has 1 N–H and O–H groups in total. The van der Waals surface area contributed by atoms with Crippen LogP contribution in [0.15, 0.2) is 6.20 Å². The van der Waals surface area contributed by atoms with E-state index in [0.29, 0.717) is 0 Å². The third-order valence-corrected chi connectivity index (χ3v) is 2.65. The zero-order valence-electron chi connectivity index (χ0n) is 5.51. The second-order valence-corrected chi connectivity index (χ2v) is 3.29. The summed E-state index contributed by atoms with van der Waals surface area (Å²) in [4.78, 5) is 14.0. The minimum Gasteiger partial charge on any atom is -0.478 e. The van der Waals surface area contributed by atoms with Crippen LogP contribution in [0.3, 0.4) is 0 Å². The predicted octanol–water partition coefficient (Wildman–Crippen LogP) is 2.18. The standard InChI is InChI=1S/C6H2ClFINO2/c7-4-3(6(11)12)2(8)1-10-5(4)9/h1H,(H,11,12). The number of rotatable bonds is 1. The van der Waals surface area contributed by atoms with Crippen molar-refractivity contribution in [3.63, 3.8) is 0 Å². The molecule has 0 atom stereocenters. The van der Waals surface area contributed by atoms with E-state index in [1.807, 2.05) is 0 Å². The number of carbonyl (C=O) groups is 1. The molecule has 0 amide bonds. The third kappa shape index (κ3) is 1.66. The summed E-state index contributed by atoms with van der Waals surface area (Å²) in [7, 11) is 0. The summed E-state index contributed by atoms with van der Waals surface area (Å²) in [6, 6.07) is 0. The lowest BCUT2D eigenvalue weighted by Gasteiger charge is -2.00. The molecule has 12 heavy (non-hydrogen) atoms. The first-order valence-corrected chi connectivity index (χ1v) is 4.22. The van der Waals surface area contributed by atoms with E-state index in [1.165, 1.54) is 0 Å². The molecule has 1 heterocycles. The lowest BCUT2D eigenvalue weighted by atomic mass is 10.2. The summed E-state index contributed by atoms with van der Waals surface area (Å²) < 4.78 is 13.0. The van der Waals surface area contributed by atoms with Gasteiger partial charge in [-0.3, -0.25) is 0 Å². The van der Waals surface area contributed by atoms with E-state index in [9.17, 15) is 9.18 Å². The smallest absolute Gasteiger partial charge is 0.340 e. The monoisotopic (exact) mass is 301 g/mol. The Labute approximate surface area is 85.7 Å². The molecule has 0 aliphatic rings. The van der Waals surface area contributed by atoms with Crippen LogP contribution in [0.1, 0.15) is 10.4 Å². The number of aromatic carboxylic acids is 1. The van der Waals surface area contributed by atoms with E-state index in [-0.39, 0.29) is 8.72 Å². The molecule has 0 aliphatic carbocycles. The van der Waals surface area contributed by atoms with Crippen molar-refractivity contribution in [3.8, 4) is 0 Å². The minimum absolute atomic E-state index is 0.164. The van der Waals surface area contributed by atoms with E-state index in [2.05, 4.69) is 4.98 Å². The summed E-state index contributed by atoms with van der Waals surface area (Å²) in [5.41, 5.74) is -0.531. The Kier molecular flexibility index (Phi) is 2.84. The first-order valence-electron chi connectivity index (χ1n) is 2.77. The van der Waals surface area contributed by atoms with Gasteiger partial charge >= 0.3 is 5.97 Å². The number of pyridine rings is 1. The van der Waals surface area contributed by atoms with Gasteiger partial charge < -0.3 is 5.11 Å². The van der Waals surface area contributed by atoms with Gasteiger partial charge in [-0.25, -0.2) is 14.2 Å². The Morgan fingerprint density at radius 3 is 2.75 bits per heavy atom. The normalized spacial score (nSPS) is 9.92. The fourth-order valence-corrected chi connectivity index (χ4v) is 1.27. The number of nitrogens with zero attached hydrogens (tertiary/aromatic N) is 1. The predicted molar refractivity (Wildman–Crippen MR) is 48.9 cm³/mol. The van der Waals surface area contributed by atoms with Gasteiger partial charge in [0.2, 0.25) is 0 Å². The maximum absolute atomic E-state index is 12.8. The van der Waals surface area contributed by atoms with Gasteiger partial charge in [0.25, 0.3) is 0 Å². The number of carboxylic acid groups (broad SMARTS) is 1. The molecule has 64 valence electrons. The van der Waals surface area contributed by atoms with Crippen molar-refractivity contribution in [3.05, 3.63) is 26.3 Å². The first-order chi connectivity index (χ1) is 5.54. The maximum atomic E-state index is 12.8.